The van der Waals surface area contributed by atoms with E-state index >= 15 is 0 Å². The van der Waals surface area contributed by atoms with E-state index in [1.54, 1.807) is 6.92 Å². The highest BCUT2D eigenvalue weighted by Crippen LogP contribution is 2.36. The number of aliphatic carboxylic acids is 1. The van der Waals surface area contributed by atoms with Crippen LogP contribution in [0.25, 0.3) is 0 Å². The number of nitrogens with one attached hydrogen (secondary N) is 2. The molecule has 0 fully saturated rings. The Balaban J connectivity index is 2.59. The molecule has 0 saturated heterocycles. The summed E-state index contributed by atoms with van der Waals surface area (Å²) in [5, 5.41) is 13.2. The summed E-state index contributed by atoms with van der Waals surface area (Å²) in [5.41, 5.74) is -1.03. The van der Waals surface area contributed by atoms with Crippen LogP contribution in [-0.4, -0.2) is 29.6 Å². The number of carbonyl (C=O) groups excluding carboxylic acids is 1. The van der Waals surface area contributed by atoms with Gasteiger partial charge in [-0.15, -0.1) is 0 Å². The van der Waals surface area contributed by atoms with E-state index in [1.165, 1.54) is 6.07 Å². The smallest absolute Gasteiger partial charge is 0.417 e. The monoisotopic (exact) mass is 352 g/mol. The van der Waals surface area contributed by atoms with Crippen LogP contribution in [0, 0.1) is 0 Å². The van der Waals surface area contributed by atoms with E-state index in [2.05, 4.69) is 10.6 Å². The normalized spacial score (nSPS) is 12.7. The Morgan fingerprint density at radius 1 is 1.35 bits per heavy atom. The Morgan fingerprint density at radius 3 is 2.57 bits per heavy atom. The second-order valence-corrected chi connectivity index (χ2v) is 5.35. The molecule has 0 aliphatic heterocycles. The molecule has 1 aromatic rings. The third-order valence-electron chi connectivity index (χ3n) is 2.88. The molecule has 1 amide bonds. The highest BCUT2D eigenvalue weighted by atomic mass is 35.5. The van der Waals surface area contributed by atoms with Crippen LogP contribution < -0.4 is 10.6 Å². The Bertz CT molecular complexity index is 579. The lowest BCUT2D eigenvalue weighted by Gasteiger charge is -2.14. The van der Waals surface area contributed by atoms with Crippen LogP contribution in [-0.2, 0) is 15.8 Å². The summed E-state index contributed by atoms with van der Waals surface area (Å²) >= 11 is 5.49. The first-order chi connectivity index (χ1) is 10.6. The van der Waals surface area contributed by atoms with Crippen LogP contribution in [0.2, 0.25) is 5.02 Å². The molecule has 3 N–H and O–H groups in total. The standard InChI is InChI=1S/C14H16ClF3N2O3/c1-8(19-5-4-13(22)23)6-12(21)20-9-2-3-11(15)10(7-9)14(16,17)18/h2-3,7-8,19H,4-6H2,1H3,(H,20,21)(H,22,23). The average molecular weight is 353 g/mol. The third kappa shape index (κ3) is 6.87. The molecule has 0 aliphatic carbocycles. The van der Waals surface area contributed by atoms with E-state index in [1.807, 2.05) is 0 Å². The number of alkyl halides is 3. The van der Waals surface area contributed by atoms with E-state index in [0.29, 0.717) is 0 Å². The molecule has 5 nitrogen and oxygen atoms in total. The van der Waals surface area contributed by atoms with Crippen LogP contribution in [0.4, 0.5) is 18.9 Å². The summed E-state index contributed by atoms with van der Waals surface area (Å²) in [4.78, 5) is 22.1. The molecule has 128 valence electrons. The van der Waals surface area contributed by atoms with Gasteiger partial charge in [0.05, 0.1) is 17.0 Å². The van der Waals surface area contributed by atoms with E-state index < -0.39 is 28.6 Å². The lowest BCUT2D eigenvalue weighted by atomic mass is 10.1. The number of hydrogen-bond acceptors (Lipinski definition) is 3. The lowest BCUT2D eigenvalue weighted by molar-refractivity contribution is -0.138. The quantitative estimate of drug-likeness (QED) is 0.704. The zero-order valence-electron chi connectivity index (χ0n) is 12.2. The lowest BCUT2D eigenvalue weighted by Crippen LogP contribution is -2.32. The average Bonchev–Trinajstić information content (AvgIpc) is 2.39. The van der Waals surface area contributed by atoms with Crippen LogP contribution in [0.1, 0.15) is 25.3 Å². The van der Waals surface area contributed by atoms with Crippen molar-refractivity contribution in [2.45, 2.75) is 32.0 Å². The van der Waals surface area contributed by atoms with Gasteiger partial charge in [-0.05, 0) is 25.1 Å². The highest BCUT2D eigenvalue weighted by Gasteiger charge is 2.33. The molecule has 0 aromatic heterocycles. The molecule has 0 aliphatic rings. The van der Waals surface area contributed by atoms with Gasteiger partial charge in [-0.3, -0.25) is 9.59 Å². The van der Waals surface area contributed by atoms with E-state index in [4.69, 9.17) is 16.7 Å². The third-order valence-corrected chi connectivity index (χ3v) is 3.21. The molecule has 0 heterocycles. The van der Waals surface area contributed by atoms with Gasteiger partial charge in [0.1, 0.15) is 0 Å². The topological polar surface area (TPSA) is 78.4 Å². The van der Waals surface area contributed by atoms with Gasteiger partial charge in [0.25, 0.3) is 0 Å². The van der Waals surface area contributed by atoms with Gasteiger partial charge in [-0.2, -0.15) is 13.2 Å². The molecule has 23 heavy (non-hydrogen) atoms. The first-order valence-electron chi connectivity index (χ1n) is 6.71. The summed E-state index contributed by atoms with van der Waals surface area (Å²) in [5.74, 6) is -1.45. The Morgan fingerprint density at radius 2 is 2.00 bits per heavy atom. The van der Waals surface area contributed by atoms with Gasteiger partial charge in [-0.1, -0.05) is 11.6 Å². The first kappa shape index (κ1) is 19.2. The summed E-state index contributed by atoms with van der Waals surface area (Å²) in [6.45, 7) is 1.87. The number of hydrogen-bond donors (Lipinski definition) is 3. The zero-order chi connectivity index (χ0) is 17.6. The predicted molar refractivity (Wildman–Crippen MR) is 79.4 cm³/mol. The minimum Gasteiger partial charge on any atom is -0.481 e. The summed E-state index contributed by atoms with van der Waals surface area (Å²) in [6, 6.07) is 2.79. The fraction of sp³-hybridized carbons (Fsp3) is 0.429. The number of halogens is 4. The Hall–Kier alpha value is -1.80. The second kappa shape index (κ2) is 8.16. The molecule has 0 radical (unpaired) electrons. The summed E-state index contributed by atoms with van der Waals surface area (Å²) in [6.07, 6.45) is -4.70. The van der Waals surface area contributed by atoms with Gasteiger partial charge in [0.15, 0.2) is 0 Å². The fourth-order valence-electron chi connectivity index (χ4n) is 1.81. The molecule has 1 rings (SSSR count). The van der Waals surface area contributed by atoms with Crippen molar-refractivity contribution in [3.05, 3.63) is 28.8 Å². The zero-order valence-corrected chi connectivity index (χ0v) is 13.0. The van der Waals surface area contributed by atoms with Crippen LogP contribution in [0.5, 0.6) is 0 Å². The second-order valence-electron chi connectivity index (χ2n) is 4.94. The van der Waals surface area contributed by atoms with Crippen molar-refractivity contribution in [2.24, 2.45) is 0 Å². The SMILES string of the molecule is CC(CC(=O)Nc1ccc(Cl)c(C(F)(F)F)c1)NCCC(=O)O. The van der Waals surface area contributed by atoms with Crippen LogP contribution in [0.15, 0.2) is 18.2 Å². The minimum absolute atomic E-state index is 0.00976. The predicted octanol–water partition coefficient (Wildman–Crippen LogP) is 3.14. The first-order valence-corrected chi connectivity index (χ1v) is 7.09. The van der Waals surface area contributed by atoms with Crippen molar-refractivity contribution in [1.82, 2.24) is 5.32 Å². The van der Waals surface area contributed by atoms with Gasteiger partial charge < -0.3 is 15.7 Å². The number of rotatable bonds is 7. The molecule has 1 aromatic carbocycles. The van der Waals surface area contributed by atoms with E-state index in [-0.39, 0.29) is 31.1 Å². The van der Waals surface area contributed by atoms with Crippen molar-refractivity contribution in [3.63, 3.8) is 0 Å². The maximum atomic E-state index is 12.7. The maximum absolute atomic E-state index is 12.7. The molecule has 1 atom stereocenters. The van der Waals surface area contributed by atoms with Crippen LogP contribution in [0.3, 0.4) is 0 Å². The fourth-order valence-corrected chi connectivity index (χ4v) is 2.03. The van der Waals surface area contributed by atoms with Crippen molar-refractivity contribution in [3.8, 4) is 0 Å². The number of amides is 1. The minimum atomic E-state index is -4.61. The number of benzene rings is 1. The van der Waals surface area contributed by atoms with Crippen molar-refractivity contribution in [2.75, 3.05) is 11.9 Å². The molecule has 1 unspecified atom stereocenters. The molecular weight excluding hydrogens is 337 g/mol. The Labute approximate surface area is 135 Å². The van der Waals surface area contributed by atoms with Crippen molar-refractivity contribution < 1.29 is 27.9 Å². The van der Waals surface area contributed by atoms with Gasteiger partial charge in [0.2, 0.25) is 5.91 Å². The molecule has 0 saturated carbocycles. The number of carboxylic acid groups (broad SMARTS) is 1. The summed E-state index contributed by atoms with van der Waals surface area (Å²) < 4.78 is 38.2. The largest absolute Gasteiger partial charge is 0.481 e. The highest BCUT2D eigenvalue weighted by molar-refractivity contribution is 6.31. The van der Waals surface area contributed by atoms with Gasteiger partial charge >= 0.3 is 12.1 Å². The van der Waals surface area contributed by atoms with Crippen LogP contribution >= 0.6 is 11.6 Å². The molecular formula is C14H16ClF3N2O3. The van der Waals surface area contributed by atoms with Gasteiger partial charge in [0, 0.05) is 24.7 Å². The van der Waals surface area contributed by atoms with Crippen molar-refractivity contribution >= 4 is 29.2 Å². The van der Waals surface area contributed by atoms with Crippen molar-refractivity contribution in [1.29, 1.82) is 0 Å². The Kier molecular flexibility index (Phi) is 6.83. The molecule has 0 spiro atoms. The number of carbonyl (C=O) groups is 2. The number of anilines is 1. The summed E-state index contributed by atoms with van der Waals surface area (Å²) in [7, 11) is 0. The van der Waals surface area contributed by atoms with E-state index in [0.717, 1.165) is 12.1 Å². The molecule has 9 heteroatoms. The molecule has 0 bridgehead atoms. The van der Waals surface area contributed by atoms with Gasteiger partial charge in [-0.25, -0.2) is 0 Å². The number of carboxylic acids is 1. The maximum Gasteiger partial charge on any atom is 0.417 e. The van der Waals surface area contributed by atoms with E-state index in [9.17, 15) is 22.8 Å².